The van der Waals surface area contributed by atoms with Gasteiger partial charge in [0.05, 0.1) is 10.9 Å². The van der Waals surface area contributed by atoms with Crippen LogP contribution in [0.2, 0.25) is 0 Å². The largest absolute Gasteiger partial charge is 0.345 e. The summed E-state index contributed by atoms with van der Waals surface area (Å²) in [6, 6.07) is 14.6. The second kappa shape index (κ2) is 7.36. The van der Waals surface area contributed by atoms with Gasteiger partial charge in [-0.25, -0.2) is 8.42 Å². The molecule has 2 aromatic rings. The molecule has 0 unspecified atom stereocenters. The van der Waals surface area contributed by atoms with Gasteiger partial charge in [-0.05, 0) is 54.9 Å². The minimum atomic E-state index is -3.31. The fraction of sp³-hybridized carbons (Fsp3) is 0.435. The van der Waals surface area contributed by atoms with Crippen molar-refractivity contribution in [1.29, 1.82) is 0 Å². The fourth-order valence-corrected chi connectivity index (χ4v) is 5.34. The first kappa shape index (κ1) is 19.2. The van der Waals surface area contributed by atoms with Crippen molar-refractivity contribution in [1.82, 2.24) is 5.32 Å². The van der Waals surface area contributed by atoms with E-state index in [9.17, 15) is 13.2 Å². The number of rotatable bonds is 5. The molecule has 0 spiro atoms. The average molecular weight is 398 g/mol. The van der Waals surface area contributed by atoms with Crippen LogP contribution in [0.4, 0.5) is 0 Å². The summed E-state index contributed by atoms with van der Waals surface area (Å²) in [6.45, 7) is 2.02. The first-order valence-electron chi connectivity index (χ1n) is 10.0. The Labute approximate surface area is 167 Å². The summed E-state index contributed by atoms with van der Waals surface area (Å²) < 4.78 is 24.0. The Hall–Kier alpha value is -2.14. The van der Waals surface area contributed by atoms with Crippen LogP contribution in [0.3, 0.4) is 0 Å². The van der Waals surface area contributed by atoms with Crippen molar-refractivity contribution in [3.63, 3.8) is 0 Å². The molecular weight excluding hydrogens is 370 g/mol. The van der Waals surface area contributed by atoms with Crippen molar-refractivity contribution in [2.24, 2.45) is 17.8 Å². The summed E-state index contributed by atoms with van der Waals surface area (Å²) in [7, 11) is -3.31. The number of aryl methyl sites for hydroxylation is 1. The second-order valence-corrected chi connectivity index (χ2v) is 10.4. The van der Waals surface area contributed by atoms with E-state index in [0.717, 1.165) is 29.5 Å². The van der Waals surface area contributed by atoms with E-state index in [1.807, 2.05) is 37.3 Å². The fourth-order valence-electron chi connectivity index (χ4n) is 4.66. The lowest BCUT2D eigenvalue weighted by Gasteiger charge is -2.21. The highest BCUT2D eigenvalue weighted by Crippen LogP contribution is 2.55. The molecule has 28 heavy (non-hydrogen) atoms. The van der Waals surface area contributed by atoms with E-state index in [2.05, 4.69) is 5.32 Å². The van der Waals surface area contributed by atoms with Crippen molar-refractivity contribution in [2.75, 3.05) is 6.26 Å². The Morgan fingerprint density at radius 1 is 1.00 bits per heavy atom. The maximum absolute atomic E-state index is 13.0. The molecule has 3 atom stereocenters. The van der Waals surface area contributed by atoms with Crippen molar-refractivity contribution in [2.45, 2.75) is 43.5 Å². The molecule has 148 valence electrons. The smallest absolute Gasteiger partial charge is 0.224 e. The SMILES string of the molecule is Cc1ccc([C@H](NC(=O)C2[C@H]3CCCC[C@H]23)c2cccc(S(C)(=O)=O)c2)cc1. The molecular formula is C23H27NO3S. The summed E-state index contributed by atoms with van der Waals surface area (Å²) in [4.78, 5) is 13.3. The summed E-state index contributed by atoms with van der Waals surface area (Å²) in [6.07, 6.45) is 5.97. The molecule has 0 aliphatic heterocycles. The number of hydrogen-bond donors (Lipinski definition) is 1. The first-order chi connectivity index (χ1) is 13.3. The number of sulfone groups is 1. The Kier molecular flexibility index (Phi) is 5.04. The van der Waals surface area contributed by atoms with Gasteiger partial charge in [0.25, 0.3) is 0 Å². The van der Waals surface area contributed by atoms with Gasteiger partial charge in [0.2, 0.25) is 5.91 Å². The number of nitrogens with one attached hydrogen (secondary N) is 1. The third kappa shape index (κ3) is 3.86. The lowest BCUT2D eigenvalue weighted by molar-refractivity contribution is -0.123. The Bertz CT molecular complexity index is 969. The first-order valence-corrected chi connectivity index (χ1v) is 11.9. The average Bonchev–Trinajstić information content (AvgIpc) is 3.41. The minimum absolute atomic E-state index is 0.104. The van der Waals surface area contributed by atoms with Gasteiger partial charge in [-0.15, -0.1) is 0 Å². The highest BCUT2D eigenvalue weighted by molar-refractivity contribution is 7.90. The molecule has 2 aromatic carbocycles. The number of benzene rings is 2. The van der Waals surface area contributed by atoms with Gasteiger partial charge < -0.3 is 5.32 Å². The van der Waals surface area contributed by atoms with E-state index in [1.165, 1.54) is 19.1 Å². The molecule has 2 fully saturated rings. The third-order valence-electron chi connectivity index (χ3n) is 6.28. The van der Waals surface area contributed by atoms with Gasteiger partial charge >= 0.3 is 0 Å². The van der Waals surface area contributed by atoms with Gasteiger partial charge in [-0.3, -0.25) is 4.79 Å². The van der Waals surface area contributed by atoms with Crippen LogP contribution < -0.4 is 5.32 Å². The van der Waals surface area contributed by atoms with Crippen LogP contribution >= 0.6 is 0 Å². The molecule has 4 rings (SSSR count). The van der Waals surface area contributed by atoms with Gasteiger partial charge in [0.1, 0.15) is 0 Å². The van der Waals surface area contributed by atoms with E-state index in [0.29, 0.717) is 11.8 Å². The van der Waals surface area contributed by atoms with Gasteiger partial charge in [0, 0.05) is 12.2 Å². The molecule has 5 heteroatoms. The van der Waals surface area contributed by atoms with E-state index >= 15 is 0 Å². The van der Waals surface area contributed by atoms with Crippen molar-refractivity contribution >= 4 is 15.7 Å². The van der Waals surface area contributed by atoms with Gasteiger partial charge in [-0.2, -0.15) is 0 Å². The van der Waals surface area contributed by atoms with Gasteiger partial charge in [-0.1, -0.05) is 54.8 Å². The summed E-state index contributed by atoms with van der Waals surface area (Å²) in [5, 5.41) is 3.23. The number of carbonyl (C=O) groups is 1. The summed E-state index contributed by atoms with van der Waals surface area (Å²) >= 11 is 0. The molecule has 0 aromatic heterocycles. The molecule has 1 N–H and O–H groups in total. The van der Waals surface area contributed by atoms with Crippen LogP contribution in [0.25, 0.3) is 0 Å². The minimum Gasteiger partial charge on any atom is -0.345 e. The van der Waals surface area contributed by atoms with Crippen LogP contribution in [-0.4, -0.2) is 20.6 Å². The predicted molar refractivity (Wildman–Crippen MR) is 110 cm³/mol. The lowest BCUT2D eigenvalue weighted by Crippen LogP contribution is -2.31. The van der Waals surface area contributed by atoms with E-state index < -0.39 is 9.84 Å². The quantitative estimate of drug-likeness (QED) is 0.828. The van der Waals surface area contributed by atoms with E-state index in [1.54, 1.807) is 18.2 Å². The molecule has 4 nitrogen and oxygen atoms in total. The molecule has 2 aliphatic carbocycles. The predicted octanol–water partition coefficient (Wildman–Crippen LogP) is 4.04. The Morgan fingerprint density at radius 3 is 2.25 bits per heavy atom. The topological polar surface area (TPSA) is 63.2 Å². The molecule has 0 bridgehead atoms. The highest BCUT2D eigenvalue weighted by Gasteiger charge is 2.54. The van der Waals surface area contributed by atoms with Crippen molar-refractivity contribution in [3.05, 3.63) is 65.2 Å². The zero-order chi connectivity index (χ0) is 19.9. The summed E-state index contributed by atoms with van der Waals surface area (Å²) in [5.74, 6) is 1.30. The van der Waals surface area contributed by atoms with Gasteiger partial charge in [0.15, 0.2) is 9.84 Å². The highest BCUT2D eigenvalue weighted by atomic mass is 32.2. The van der Waals surface area contributed by atoms with E-state index in [-0.39, 0.29) is 22.8 Å². The van der Waals surface area contributed by atoms with Crippen molar-refractivity contribution < 1.29 is 13.2 Å². The zero-order valence-electron chi connectivity index (χ0n) is 16.4. The lowest BCUT2D eigenvalue weighted by atomic mass is 9.97. The molecule has 1 amide bonds. The zero-order valence-corrected chi connectivity index (χ0v) is 17.2. The second-order valence-electron chi connectivity index (χ2n) is 8.33. The third-order valence-corrected chi connectivity index (χ3v) is 7.39. The maximum atomic E-state index is 13.0. The van der Waals surface area contributed by atoms with Crippen LogP contribution in [0, 0.1) is 24.7 Å². The summed E-state index contributed by atoms with van der Waals surface area (Å²) in [5.41, 5.74) is 2.91. The number of fused-ring (bicyclic) bond motifs is 1. The molecule has 2 aliphatic rings. The standard InChI is InChI=1S/C23H27NO3S/c1-15-10-12-16(13-11-15)22(17-6-5-7-18(14-17)28(2,26)27)24-23(25)21-19-8-3-4-9-20(19)21/h5-7,10-14,19-22H,3-4,8-9H2,1-2H3,(H,24,25)/t19-,20-,22-/m0/s1. The molecule has 0 heterocycles. The van der Waals surface area contributed by atoms with Crippen LogP contribution in [-0.2, 0) is 14.6 Å². The number of amides is 1. The number of carbonyl (C=O) groups excluding carboxylic acids is 1. The molecule has 0 radical (unpaired) electrons. The van der Waals surface area contributed by atoms with E-state index in [4.69, 9.17) is 0 Å². The monoisotopic (exact) mass is 397 g/mol. The normalized spacial score (nSPS) is 24.9. The number of hydrogen-bond acceptors (Lipinski definition) is 3. The Balaban J connectivity index is 1.65. The van der Waals surface area contributed by atoms with Crippen LogP contribution in [0.5, 0.6) is 0 Å². The van der Waals surface area contributed by atoms with Crippen LogP contribution in [0.1, 0.15) is 48.4 Å². The van der Waals surface area contributed by atoms with Crippen LogP contribution in [0.15, 0.2) is 53.4 Å². The van der Waals surface area contributed by atoms with Crippen molar-refractivity contribution in [3.8, 4) is 0 Å². The Morgan fingerprint density at radius 2 is 1.64 bits per heavy atom. The molecule has 0 saturated heterocycles. The maximum Gasteiger partial charge on any atom is 0.224 e. The molecule has 2 saturated carbocycles.